The van der Waals surface area contributed by atoms with Crippen LogP contribution >= 0.6 is 15.9 Å². The zero-order valence-corrected chi connectivity index (χ0v) is 11.9. The summed E-state index contributed by atoms with van der Waals surface area (Å²) in [5, 5.41) is 10.5. The standard InChI is InChI=1S/C15H10BrNO3/c16-14-4-2-1-3-11(14)7-10-15(18)12-5-8-13(9-6-12)17(19)20/h1-10H. The van der Waals surface area contributed by atoms with Crippen LogP contribution in [0.5, 0.6) is 0 Å². The van der Waals surface area contributed by atoms with Crippen molar-refractivity contribution in [3.05, 3.63) is 80.3 Å². The smallest absolute Gasteiger partial charge is 0.269 e. The molecular weight excluding hydrogens is 322 g/mol. The first-order valence-corrected chi connectivity index (χ1v) is 6.58. The third kappa shape index (κ3) is 3.39. The van der Waals surface area contributed by atoms with Crippen LogP contribution in [0.4, 0.5) is 5.69 Å². The highest BCUT2D eigenvalue weighted by atomic mass is 79.9. The largest absolute Gasteiger partial charge is 0.289 e. The van der Waals surface area contributed by atoms with Crippen LogP contribution in [-0.4, -0.2) is 10.7 Å². The number of ketones is 1. The fraction of sp³-hybridized carbons (Fsp3) is 0. The van der Waals surface area contributed by atoms with E-state index in [9.17, 15) is 14.9 Å². The van der Waals surface area contributed by atoms with E-state index in [0.29, 0.717) is 5.56 Å². The van der Waals surface area contributed by atoms with Gasteiger partial charge in [0.15, 0.2) is 5.78 Å². The van der Waals surface area contributed by atoms with Crippen LogP contribution in [-0.2, 0) is 0 Å². The van der Waals surface area contributed by atoms with Crippen molar-refractivity contribution in [3.8, 4) is 0 Å². The molecule has 20 heavy (non-hydrogen) atoms. The number of carbonyl (C=O) groups is 1. The second-order valence-electron chi connectivity index (χ2n) is 4.02. The summed E-state index contributed by atoms with van der Waals surface area (Å²) in [4.78, 5) is 22.0. The molecule has 0 atom stereocenters. The lowest BCUT2D eigenvalue weighted by molar-refractivity contribution is -0.384. The van der Waals surface area contributed by atoms with Gasteiger partial charge in [-0.25, -0.2) is 0 Å². The highest BCUT2D eigenvalue weighted by molar-refractivity contribution is 9.10. The Morgan fingerprint density at radius 2 is 1.75 bits per heavy atom. The number of halogens is 1. The Bertz CT molecular complexity index is 678. The van der Waals surface area contributed by atoms with E-state index in [0.717, 1.165) is 10.0 Å². The second-order valence-corrected chi connectivity index (χ2v) is 4.88. The van der Waals surface area contributed by atoms with E-state index in [1.807, 2.05) is 24.3 Å². The molecule has 100 valence electrons. The molecule has 0 saturated heterocycles. The van der Waals surface area contributed by atoms with Crippen LogP contribution in [0.3, 0.4) is 0 Å². The van der Waals surface area contributed by atoms with Crippen molar-refractivity contribution in [2.24, 2.45) is 0 Å². The lowest BCUT2D eigenvalue weighted by Gasteiger charge is -1.98. The minimum absolute atomic E-state index is 0.0312. The van der Waals surface area contributed by atoms with Gasteiger partial charge in [-0.3, -0.25) is 14.9 Å². The number of allylic oxidation sites excluding steroid dienone is 1. The van der Waals surface area contributed by atoms with Crippen LogP contribution in [0.15, 0.2) is 59.1 Å². The number of benzene rings is 2. The summed E-state index contributed by atoms with van der Waals surface area (Å²) in [6, 6.07) is 13.1. The lowest BCUT2D eigenvalue weighted by Crippen LogP contribution is -1.95. The summed E-state index contributed by atoms with van der Waals surface area (Å²) < 4.78 is 0.896. The summed E-state index contributed by atoms with van der Waals surface area (Å²) in [6.45, 7) is 0. The Hall–Kier alpha value is -2.27. The summed E-state index contributed by atoms with van der Waals surface area (Å²) in [5.74, 6) is -0.198. The predicted octanol–water partition coefficient (Wildman–Crippen LogP) is 4.25. The van der Waals surface area contributed by atoms with Crippen molar-refractivity contribution >= 4 is 33.5 Å². The van der Waals surface area contributed by atoms with Crippen molar-refractivity contribution in [1.82, 2.24) is 0 Å². The number of rotatable bonds is 4. The highest BCUT2D eigenvalue weighted by Gasteiger charge is 2.07. The van der Waals surface area contributed by atoms with Gasteiger partial charge in [0.1, 0.15) is 0 Å². The van der Waals surface area contributed by atoms with Gasteiger partial charge in [0, 0.05) is 22.2 Å². The van der Waals surface area contributed by atoms with Gasteiger partial charge in [0.05, 0.1) is 4.92 Å². The zero-order valence-electron chi connectivity index (χ0n) is 10.3. The first-order valence-electron chi connectivity index (χ1n) is 5.79. The van der Waals surface area contributed by atoms with Gasteiger partial charge in [-0.05, 0) is 35.9 Å². The Kier molecular flexibility index (Phi) is 4.42. The average molecular weight is 332 g/mol. The third-order valence-electron chi connectivity index (χ3n) is 2.68. The average Bonchev–Trinajstić information content (AvgIpc) is 2.46. The number of non-ortho nitro benzene ring substituents is 1. The molecule has 0 aliphatic carbocycles. The minimum atomic E-state index is -0.495. The Morgan fingerprint density at radius 1 is 1.10 bits per heavy atom. The van der Waals surface area contributed by atoms with Crippen molar-refractivity contribution in [2.45, 2.75) is 0 Å². The van der Waals surface area contributed by atoms with E-state index in [4.69, 9.17) is 0 Å². The van der Waals surface area contributed by atoms with E-state index in [-0.39, 0.29) is 11.5 Å². The fourth-order valence-corrected chi connectivity index (χ4v) is 2.04. The number of nitrogens with zero attached hydrogens (tertiary/aromatic N) is 1. The molecule has 0 N–H and O–H groups in total. The molecule has 5 heteroatoms. The summed E-state index contributed by atoms with van der Waals surface area (Å²) >= 11 is 3.39. The van der Waals surface area contributed by atoms with Gasteiger partial charge >= 0.3 is 0 Å². The van der Waals surface area contributed by atoms with Crippen molar-refractivity contribution in [3.63, 3.8) is 0 Å². The maximum absolute atomic E-state index is 11.9. The first-order chi connectivity index (χ1) is 9.58. The van der Waals surface area contributed by atoms with Crippen LogP contribution in [0, 0.1) is 10.1 Å². The van der Waals surface area contributed by atoms with Crippen LogP contribution in [0.25, 0.3) is 6.08 Å². The molecular formula is C15H10BrNO3. The van der Waals surface area contributed by atoms with Gasteiger partial charge in [-0.2, -0.15) is 0 Å². The monoisotopic (exact) mass is 331 g/mol. The van der Waals surface area contributed by atoms with Crippen molar-refractivity contribution in [1.29, 1.82) is 0 Å². The molecule has 0 unspecified atom stereocenters. The summed E-state index contributed by atoms with van der Waals surface area (Å²) in [6.07, 6.45) is 3.15. The highest BCUT2D eigenvalue weighted by Crippen LogP contribution is 2.18. The van der Waals surface area contributed by atoms with Crippen LogP contribution in [0.1, 0.15) is 15.9 Å². The molecule has 0 aliphatic rings. The molecule has 0 radical (unpaired) electrons. The normalized spacial score (nSPS) is 10.7. The van der Waals surface area contributed by atoms with Gasteiger partial charge in [0.2, 0.25) is 0 Å². The molecule has 2 rings (SSSR count). The number of hydrogen-bond acceptors (Lipinski definition) is 3. The van der Waals surface area contributed by atoms with E-state index < -0.39 is 4.92 Å². The van der Waals surface area contributed by atoms with E-state index >= 15 is 0 Å². The minimum Gasteiger partial charge on any atom is -0.289 e. The fourth-order valence-electron chi connectivity index (χ4n) is 1.62. The van der Waals surface area contributed by atoms with Gasteiger partial charge in [-0.15, -0.1) is 0 Å². The predicted molar refractivity (Wildman–Crippen MR) is 80.6 cm³/mol. The third-order valence-corrected chi connectivity index (χ3v) is 3.40. The molecule has 0 spiro atoms. The topological polar surface area (TPSA) is 60.2 Å². The Morgan fingerprint density at radius 3 is 2.35 bits per heavy atom. The summed E-state index contributed by atoms with van der Waals surface area (Å²) in [7, 11) is 0. The molecule has 0 aliphatic heterocycles. The molecule has 0 amide bonds. The van der Waals surface area contributed by atoms with E-state index in [1.54, 1.807) is 6.08 Å². The van der Waals surface area contributed by atoms with Crippen LogP contribution in [0.2, 0.25) is 0 Å². The van der Waals surface area contributed by atoms with E-state index in [2.05, 4.69) is 15.9 Å². The molecule has 0 aromatic heterocycles. The second kappa shape index (κ2) is 6.25. The van der Waals surface area contributed by atoms with Gasteiger partial charge < -0.3 is 0 Å². The number of hydrogen-bond donors (Lipinski definition) is 0. The first kappa shape index (κ1) is 14.1. The summed E-state index contributed by atoms with van der Waals surface area (Å²) in [5.41, 5.74) is 1.28. The zero-order chi connectivity index (χ0) is 14.5. The maximum atomic E-state index is 11.9. The number of carbonyl (C=O) groups excluding carboxylic acids is 1. The molecule has 0 heterocycles. The van der Waals surface area contributed by atoms with Crippen molar-refractivity contribution < 1.29 is 9.72 Å². The Labute approximate surface area is 124 Å². The molecule has 0 saturated carbocycles. The molecule has 2 aromatic rings. The quantitative estimate of drug-likeness (QED) is 0.364. The number of nitro benzene ring substituents is 1. The Balaban J connectivity index is 2.16. The van der Waals surface area contributed by atoms with Gasteiger partial charge in [-0.1, -0.05) is 34.1 Å². The maximum Gasteiger partial charge on any atom is 0.269 e. The molecule has 0 bridgehead atoms. The molecule has 0 fully saturated rings. The number of nitro groups is 1. The van der Waals surface area contributed by atoms with Gasteiger partial charge in [0.25, 0.3) is 5.69 Å². The molecule has 2 aromatic carbocycles. The van der Waals surface area contributed by atoms with E-state index in [1.165, 1.54) is 30.3 Å². The van der Waals surface area contributed by atoms with Crippen LogP contribution < -0.4 is 0 Å². The SMILES string of the molecule is O=C(C=Cc1ccccc1Br)c1ccc([N+](=O)[O-])cc1. The molecule has 4 nitrogen and oxygen atoms in total. The lowest BCUT2D eigenvalue weighted by atomic mass is 10.1. The van der Waals surface area contributed by atoms with Crippen molar-refractivity contribution in [2.75, 3.05) is 0 Å².